The zero-order chi connectivity index (χ0) is 19.7. The Bertz CT molecular complexity index is 1180. The summed E-state index contributed by atoms with van der Waals surface area (Å²) in [5.74, 6) is -0.203. The number of carbonyl (C=O) groups excluding carboxylic acids is 1. The zero-order valence-electron chi connectivity index (χ0n) is 14.8. The molecule has 0 radical (unpaired) electrons. The Labute approximate surface area is 158 Å². The second-order valence-electron chi connectivity index (χ2n) is 5.93. The Kier molecular flexibility index (Phi) is 4.28. The van der Waals surface area contributed by atoms with Crippen LogP contribution < -0.4 is 5.32 Å². The van der Waals surface area contributed by atoms with Crippen LogP contribution >= 0.6 is 0 Å². The van der Waals surface area contributed by atoms with Crippen LogP contribution in [0.4, 0.5) is 11.6 Å². The van der Waals surface area contributed by atoms with Gasteiger partial charge in [0.25, 0.3) is 5.91 Å². The average molecular weight is 377 g/mol. The third-order valence-corrected chi connectivity index (χ3v) is 4.12. The van der Waals surface area contributed by atoms with Crippen LogP contribution in [0.1, 0.15) is 17.4 Å². The Morgan fingerprint density at radius 1 is 1.21 bits per heavy atom. The molecule has 1 amide bonds. The van der Waals surface area contributed by atoms with E-state index < -0.39 is 10.8 Å². The zero-order valence-corrected chi connectivity index (χ0v) is 14.8. The molecule has 3 heterocycles. The fourth-order valence-electron chi connectivity index (χ4n) is 2.79. The SMILES string of the molecule is CCn1nc([N+](=O)[O-])cc1C(=O)Nc1ccn2cc(-c3ccccc3)nc2n1. The van der Waals surface area contributed by atoms with Crippen LogP contribution in [0.25, 0.3) is 17.0 Å². The highest BCUT2D eigenvalue weighted by molar-refractivity contribution is 6.03. The van der Waals surface area contributed by atoms with Crippen molar-refractivity contribution in [3.63, 3.8) is 0 Å². The molecule has 0 saturated carbocycles. The second kappa shape index (κ2) is 6.91. The number of hydrogen-bond acceptors (Lipinski definition) is 6. The van der Waals surface area contributed by atoms with E-state index in [1.165, 1.54) is 4.68 Å². The van der Waals surface area contributed by atoms with Gasteiger partial charge in [0.15, 0.2) is 5.69 Å². The normalized spacial score (nSPS) is 10.9. The number of imidazole rings is 1. The van der Waals surface area contributed by atoms with Crippen LogP contribution in [-0.4, -0.2) is 35.0 Å². The molecule has 140 valence electrons. The summed E-state index contributed by atoms with van der Waals surface area (Å²) in [7, 11) is 0. The van der Waals surface area contributed by atoms with Gasteiger partial charge in [-0.25, -0.2) is 4.98 Å². The van der Waals surface area contributed by atoms with E-state index in [9.17, 15) is 14.9 Å². The predicted octanol–water partition coefficient (Wildman–Crippen LogP) is 2.77. The Morgan fingerprint density at radius 3 is 2.71 bits per heavy atom. The molecule has 0 unspecified atom stereocenters. The summed E-state index contributed by atoms with van der Waals surface area (Å²) in [6.07, 6.45) is 3.58. The summed E-state index contributed by atoms with van der Waals surface area (Å²) in [6, 6.07) is 12.4. The Hall–Kier alpha value is -4.08. The largest absolute Gasteiger partial charge is 0.390 e. The molecule has 0 aliphatic rings. The van der Waals surface area contributed by atoms with E-state index in [1.807, 2.05) is 36.5 Å². The van der Waals surface area contributed by atoms with E-state index in [4.69, 9.17) is 0 Å². The molecule has 10 heteroatoms. The first kappa shape index (κ1) is 17.3. The van der Waals surface area contributed by atoms with Crippen molar-refractivity contribution < 1.29 is 9.72 Å². The lowest BCUT2D eigenvalue weighted by Gasteiger charge is -2.04. The van der Waals surface area contributed by atoms with E-state index >= 15 is 0 Å². The maximum atomic E-state index is 12.5. The average Bonchev–Trinajstić information content (AvgIpc) is 3.32. The lowest BCUT2D eigenvalue weighted by atomic mass is 10.2. The number of nitrogens with one attached hydrogen (secondary N) is 1. The molecule has 1 aromatic carbocycles. The molecule has 1 N–H and O–H groups in total. The van der Waals surface area contributed by atoms with E-state index in [-0.39, 0.29) is 17.3 Å². The number of nitro groups is 1. The van der Waals surface area contributed by atoms with E-state index in [1.54, 1.807) is 23.6 Å². The second-order valence-corrected chi connectivity index (χ2v) is 5.93. The molecule has 28 heavy (non-hydrogen) atoms. The van der Waals surface area contributed by atoms with E-state index in [0.717, 1.165) is 17.3 Å². The minimum Gasteiger partial charge on any atom is -0.358 e. The number of fused-ring (bicyclic) bond motifs is 1. The van der Waals surface area contributed by atoms with Gasteiger partial charge in [0.1, 0.15) is 5.82 Å². The van der Waals surface area contributed by atoms with Crippen molar-refractivity contribution in [2.45, 2.75) is 13.5 Å². The van der Waals surface area contributed by atoms with Gasteiger partial charge in [0.2, 0.25) is 5.78 Å². The quantitative estimate of drug-likeness (QED) is 0.422. The molecule has 0 atom stereocenters. The van der Waals surface area contributed by atoms with E-state index in [0.29, 0.717) is 12.3 Å². The highest BCUT2D eigenvalue weighted by atomic mass is 16.6. The van der Waals surface area contributed by atoms with Crippen molar-refractivity contribution in [1.29, 1.82) is 0 Å². The van der Waals surface area contributed by atoms with Crippen LogP contribution in [0.3, 0.4) is 0 Å². The third kappa shape index (κ3) is 3.18. The number of anilines is 1. The van der Waals surface area contributed by atoms with Gasteiger partial charge < -0.3 is 15.4 Å². The third-order valence-electron chi connectivity index (χ3n) is 4.12. The van der Waals surface area contributed by atoms with Crippen molar-refractivity contribution in [3.05, 3.63) is 70.7 Å². The summed E-state index contributed by atoms with van der Waals surface area (Å²) in [5.41, 5.74) is 1.80. The number of aryl methyl sites for hydroxylation is 1. The maximum Gasteiger partial charge on any atom is 0.390 e. The number of carbonyl (C=O) groups is 1. The van der Waals surface area contributed by atoms with Gasteiger partial charge in [-0.05, 0) is 17.9 Å². The molecule has 4 rings (SSSR count). The van der Waals surface area contributed by atoms with Gasteiger partial charge in [-0.15, -0.1) is 0 Å². The standard InChI is InChI=1S/C18H15N7O3/c1-2-24-14(10-16(22-24)25(27)28)17(26)20-15-8-9-23-11-13(19-18(23)21-15)12-6-4-3-5-7-12/h3-11H,2H2,1H3,(H,19,20,21,26). The molecule has 0 saturated heterocycles. The molecule has 10 nitrogen and oxygen atoms in total. The van der Waals surface area contributed by atoms with Crippen molar-refractivity contribution in [2.24, 2.45) is 0 Å². The fraction of sp³-hybridized carbons (Fsp3) is 0.111. The van der Waals surface area contributed by atoms with Gasteiger partial charge in [-0.1, -0.05) is 30.3 Å². The highest BCUT2D eigenvalue weighted by Crippen LogP contribution is 2.19. The molecule has 0 aliphatic heterocycles. The highest BCUT2D eigenvalue weighted by Gasteiger charge is 2.22. The lowest BCUT2D eigenvalue weighted by molar-refractivity contribution is -0.389. The van der Waals surface area contributed by atoms with Crippen LogP contribution in [0.2, 0.25) is 0 Å². The summed E-state index contributed by atoms with van der Waals surface area (Å²) in [4.78, 5) is 31.6. The van der Waals surface area contributed by atoms with Crippen molar-refractivity contribution in [3.8, 4) is 11.3 Å². The number of rotatable bonds is 5. The molecule has 4 aromatic rings. The van der Waals surface area contributed by atoms with Crippen LogP contribution in [0, 0.1) is 10.1 Å². The lowest BCUT2D eigenvalue weighted by Crippen LogP contribution is -2.18. The monoisotopic (exact) mass is 377 g/mol. The summed E-state index contributed by atoms with van der Waals surface area (Å²) in [5, 5.41) is 17.3. The molecular weight excluding hydrogens is 362 g/mol. The number of nitrogens with zero attached hydrogens (tertiary/aromatic N) is 6. The van der Waals surface area contributed by atoms with Gasteiger partial charge >= 0.3 is 5.82 Å². The minimum atomic E-state index is -0.636. The van der Waals surface area contributed by atoms with Crippen molar-refractivity contribution in [1.82, 2.24) is 24.1 Å². The Balaban J connectivity index is 1.61. The van der Waals surface area contributed by atoms with Crippen LogP contribution in [-0.2, 0) is 6.54 Å². The van der Waals surface area contributed by atoms with Gasteiger partial charge in [-0.2, -0.15) is 9.67 Å². The maximum absolute atomic E-state index is 12.5. The molecule has 3 aromatic heterocycles. The fourth-order valence-corrected chi connectivity index (χ4v) is 2.79. The predicted molar refractivity (Wildman–Crippen MR) is 101 cm³/mol. The Morgan fingerprint density at radius 2 is 2.00 bits per heavy atom. The van der Waals surface area contributed by atoms with Crippen molar-refractivity contribution in [2.75, 3.05) is 5.32 Å². The first-order chi connectivity index (χ1) is 13.5. The molecular formula is C18H15N7O3. The van der Waals surface area contributed by atoms with Gasteiger partial charge in [-0.3, -0.25) is 9.20 Å². The number of aromatic nitrogens is 5. The molecule has 0 bridgehead atoms. The molecule has 0 spiro atoms. The van der Waals surface area contributed by atoms with Crippen LogP contribution in [0.15, 0.2) is 54.9 Å². The van der Waals surface area contributed by atoms with E-state index in [2.05, 4.69) is 20.4 Å². The van der Waals surface area contributed by atoms with Gasteiger partial charge in [0, 0.05) is 18.0 Å². The summed E-state index contributed by atoms with van der Waals surface area (Å²) >= 11 is 0. The number of hydrogen-bond donors (Lipinski definition) is 1. The minimum absolute atomic E-state index is 0.0872. The van der Waals surface area contributed by atoms with Gasteiger partial charge in [0.05, 0.1) is 23.4 Å². The topological polar surface area (TPSA) is 120 Å². The molecule has 0 fully saturated rings. The first-order valence-corrected chi connectivity index (χ1v) is 8.50. The van der Waals surface area contributed by atoms with Crippen molar-refractivity contribution >= 4 is 23.3 Å². The number of benzene rings is 1. The molecule has 0 aliphatic carbocycles. The smallest absolute Gasteiger partial charge is 0.358 e. The first-order valence-electron chi connectivity index (χ1n) is 8.50. The summed E-state index contributed by atoms with van der Waals surface area (Å²) < 4.78 is 3.02. The van der Waals surface area contributed by atoms with Crippen LogP contribution in [0.5, 0.6) is 0 Å². The number of amides is 1. The summed E-state index contributed by atoms with van der Waals surface area (Å²) in [6.45, 7) is 2.07.